The van der Waals surface area contributed by atoms with Gasteiger partial charge in [0.1, 0.15) is 24.5 Å². The molecule has 3 rings (SSSR count). The zero-order valence-electron chi connectivity index (χ0n) is 13.3. The molecule has 4 nitrogen and oxygen atoms in total. The largest absolute Gasteiger partial charge is 0.490 e. The van der Waals surface area contributed by atoms with Crippen molar-refractivity contribution in [2.45, 2.75) is 13.3 Å². The molecule has 0 unspecified atom stereocenters. The fourth-order valence-electron chi connectivity index (χ4n) is 2.38. The Morgan fingerprint density at radius 3 is 2.71 bits per heavy atom. The van der Waals surface area contributed by atoms with Crippen molar-refractivity contribution in [2.24, 2.45) is 0 Å². The molecule has 0 spiro atoms. The molecule has 0 N–H and O–H groups in total. The predicted octanol–water partition coefficient (Wildman–Crippen LogP) is 4.67. The van der Waals surface area contributed by atoms with E-state index < -0.39 is 0 Å². The molecule has 24 heavy (non-hydrogen) atoms. The van der Waals surface area contributed by atoms with E-state index in [9.17, 15) is 4.79 Å². The standard InChI is InChI=1S/C19H17BrO4/c1-13-2-7-17-14(12-24-18(17)10-13)11-19(21)23-9-8-22-16-5-3-15(20)4-6-16/h2-7,10,12H,8-9,11H2,1H3. The van der Waals surface area contributed by atoms with Crippen LogP contribution in [0, 0.1) is 6.92 Å². The summed E-state index contributed by atoms with van der Waals surface area (Å²) in [5.74, 6) is 0.447. The van der Waals surface area contributed by atoms with E-state index in [1.807, 2.05) is 49.4 Å². The normalized spacial score (nSPS) is 10.8. The van der Waals surface area contributed by atoms with Gasteiger partial charge in [0.05, 0.1) is 12.7 Å². The van der Waals surface area contributed by atoms with Crippen molar-refractivity contribution < 1.29 is 18.7 Å². The van der Waals surface area contributed by atoms with E-state index >= 15 is 0 Å². The highest BCUT2D eigenvalue weighted by atomic mass is 79.9. The van der Waals surface area contributed by atoms with E-state index in [4.69, 9.17) is 13.9 Å². The number of esters is 1. The van der Waals surface area contributed by atoms with Gasteiger partial charge in [-0.3, -0.25) is 4.79 Å². The lowest BCUT2D eigenvalue weighted by atomic mass is 10.1. The maximum Gasteiger partial charge on any atom is 0.310 e. The second-order valence-corrected chi connectivity index (χ2v) is 6.38. The third-order valence-corrected chi connectivity index (χ3v) is 4.10. The Kier molecular flexibility index (Phi) is 5.20. The zero-order chi connectivity index (χ0) is 16.9. The zero-order valence-corrected chi connectivity index (χ0v) is 14.8. The van der Waals surface area contributed by atoms with Crippen LogP contribution in [0.2, 0.25) is 0 Å². The number of fused-ring (bicyclic) bond motifs is 1. The molecule has 2 aromatic carbocycles. The molecule has 124 valence electrons. The Morgan fingerprint density at radius 1 is 1.12 bits per heavy atom. The number of hydrogen-bond donors (Lipinski definition) is 0. The maximum atomic E-state index is 12.0. The first kappa shape index (κ1) is 16.6. The van der Waals surface area contributed by atoms with Crippen molar-refractivity contribution in [3.8, 4) is 5.75 Å². The van der Waals surface area contributed by atoms with Crippen molar-refractivity contribution in [2.75, 3.05) is 13.2 Å². The lowest BCUT2D eigenvalue weighted by Gasteiger charge is -2.07. The van der Waals surface area contributed by atoms with E-state index in [0.717, 1.165) is 32.3 Å². The van der Waals surface area contributed by atoms with E-state index in [1.165, 1.54) is 0 Å². The molecular formula is C19H17BrO4. The summed E-state index contributed by atoms with van der Waals surface area (Å²) in [6.45, 7) is 2.53. The van der Waals surface area contributed by atoms with Crippen LogP contribution in [0.5, 0.6) is 5.75 Å². The molecule has 0 saturated carbocycles. The Balaban J connectivity index is 1.47. The number of halogens is 1. The fourth-order valence-corrected chi connectivity index (χ4v) is 2.64. The summed E-state index contributed by atoms with van der Waals surface area (Å²) in [4.78, 5) is 12.0. The summed E-state index contributed by atoms with van der Waals surface area (Å²) in [5, 5.41) is 0.948. The number of ether oxygens (including phenoxy) is 2. The number of carbonyl (C=O) groups is 1. The van der Waals surface area contributed by atoms with Crippen LogP contribution in [0.4, 0.5) is 0 Å². The van der Waals surface area contributed by atoms with E-state index in [1.54, 1.807) is 6.26 Å². The van der Waals surface area contributed by atoms with Gasteiger partial charge >= 0.3 is 5.97 Å². The average molecular weight is 389 g/mol. The van der Waals surface area contributed by atoms with Gasteiger partial charge in [-0.2, -0.15) is 0 Å². The Hall–Kier alpha value is -2.27. The van der Waals surface area contributed by atoms with Crippen molar-refractivity contribution in [3.05, 3.63) is 64.3 Å². The Bertz CT molecular complexity index is 836. The molecule has 0 aliphatic heterocycles. The minimum Gasteiger partial charge on any atom is -0.490 e. The molecule has 1 aromatic heterocycles. The van der Waals surface area contributed by atoms with Crippen LogP contribution in [-0.4, -0.2) is 19.2 Å². The van der Waals surface area contributed by atoms with Crippen LogP contribution in [0.3, 0.4) is 0 Å². The van der Waals surface area contributed by atoms with Crippen LogP contribution in [0.15, 0.2) is 57.6 Å². The molecule has 0 atom stereocenters. The Morgan fingerprint density at radius 2 is 1.92 bits per heavy atom. The van der Waals surface area contributed by atoms with Crippen LogP contribution in [0.25, 0.3) is 11.0 Å². The topological polar surface area (TPSA) is 48.7 Å². The fraction of sp³-hybridized carbons (Fsp3) is 0.211. The third kappa shape index (κ3) is 4.17. The van der Waals surface area contributed by atoms with Crippen LogP contribution >= 0.6 is 15.9 Å². The molecule has 0 saturated heterocycles. The van der Waals surface area contributed by atoms with Crippen molar-refractivity contribution in [3.63, 3.8) is 0 Å². The molecule has 0 radical (unpaired) electrons. The highest BCUT2D eigenvalue weighted by Crippen LogP contribution is 2.23. The highest BCUT2D eigenvalue weighted by molar-refractivity contribution is 9.10. The molecule has 0 aliphatic carbocycles. The number of carbonyl (C=O) groups excluding carboxylic acids is 1. The first-order valence-electron chi connectivity index (χ1n) is 7.62. The molecule has 5 heteroatoms. The molecule has 0 fully saturated rings. The Labute approximate surface area is 148 Å². The first-order valence-corrected chi connectivity index (χ1v) is 8.42. The van der Waals surface area contributed by atoms with E-state index in [2.05, 4.69) is 15.9 Å². The van der Waals surface area contributed by atoms with Crippen molar-refractivity contribution >= 4 is 32.9 Å². The summed E-state index contributed by atoms with van der Waals surface area (Å²) >= 11 is 3.36. The monoisotopic (exact) mass is 388 g/mol. The minimum atomic E-state index is -0.294. The second kappa shape index (κ2) is 7.53. The SMILES string of the molecule is Cc1ccc2c(CC(=O)OCCOc3ccc(Br)cc3)coc2c1. The van der Waals surface area contributed by atoms with Crippen LogP contribution < -0.4 is 4.74 Å². The third-order valence-electron chi connectivity index (χ3n) is 3.57. The summed E-state index contributed by atoms with van der Waals surface area (Å²) < 4.78 is 17.2. The van der Waals surface area contributed by atoms with Gasteiger partial charge in [0.15, 0.2) is 0 Å². The maximum absolute atomic E-state index is 12.0. The van der Waals surface area contributed by atoms with Gasteiger partial charge in [0.25, 0.3) is 0 Å². The van der Waals surface area contributed by atoms with Crippen LogP contribution in [-0.2, 0) is 16.0 Å². The van der Waals surface area contributed by atoms with Crippen LogP contribution in [0.1, 0.15) is 11.1 Å². The summed E-state index contributed by atoms with van der Waals surface area (Å²) in [5.41, 5.74) is 2.75. The number of hydrogen-bond acceptors (Lipinski definition) is 4. The van der Waals surface area contributed by atoms with E-state index in [0.29, 0.717) is 6.61 Å². The van der Waals surface area contributed by atoms with Crippen molar-refractivity contribution in [1.82, 2.24) is 0 Å². The molecular weight excluding hydrogens is 372 g/mol. The molecule has 1 heterocycles. The van der Waals surface area contributed by atoms with E-state index in [-0.39, 0.29) is 19.0 Å². The predicted molar refractivity (Wildman–Crippen MR) is 95.3 cm³/mol. The van der Waals surface area contributed by atoms with Gasteiger partial charge in [0.2, 0.25) is 0 Å². The molecule has 0 amide bonds. The smallest absolute Gasteiger partial charge is 0.310 e. The van der Waals surface area contributed by atoms with Gasteiger partial charge in [-0.1, -0.05) is 28.1 Å². The summed E-state index contributed by atoms with van der Waals surface area (Å²) in [6, 6.07) is 13.4. The highest BCUT2D eigenvalue weighted by Gasteiger charge is 2.11. The van der Waals surface area contributed by atoms with Crippen molar-refractivity contribution in [1.29, 1.82) is 0 Å². The van der Waals surface area contributed by atoms with Gasteiger partial charge in [-0.05, 0) is 42.8 Å². The summed E-state index contributed by atoms with van der Waals surface area (Å²) in [6.07, 6.45) is 1.80. The quantitative estimate of drug-likeness (QED) is 0.454. The molecule has 3 aromatic rings. The minimum absolute atomic E-state index is 0.189. The van der Waals surface area contributed by atoms with Gasteiger partial charge in [-0.25, -0.2) is 0 Å². The second-order valence-electron chi connectivity index (χ2n) is 5.46. The lowest BCUT2D eigenvalue weighted by Crippen LogP contribution is -2.13. The average Bonchev–Trinajstić information content (AvgIpc) is 2.95. The molecule has 0 aliphatic rings. The van der Waals surface area contributed by atoms with Gasteiger partial charge in [-0.15, -0.1) is 0 Å². The summed E-state index contributed by atoms with van der Waals surface area (Å²) in [7, 11) is 0. The van der Waals surface area contributed by atoms with Gasteiger partial charge < -0.3 is 13.9 Å². The first-order chi connectivity index (χ1) is 11.6. The number of furan rings is 1. The lowest BCUT2D eigenvalue weighted by molar-refractivity contribution is -0.143. The number of rotatable bonds is 6. The van der Waals surface area contributed by atoms with Gasteiger partial charge in [0, 0.05) is 15.4 Å². The molecule has 0 bridgehead atoms. The number of benzene rings is 2. The number of aryl methyl sites for hydroxylation is 1.